The van der Waals surface area contributed by atoms with Crippen molar-refractivity contribution >= 4 is 6.41 Å². The Morgan fingerprint density at radius 1 is 1.17 bits per heavy atom. The van der Waals surface area contributed by atoms with Crippen molar-refractivity contribution in [3.05, 3.63) is 70.8 Å². The number of carbonyl (C=O) groups is 1. The quantitative estimate of drug-likeness (QED) is 0.333. The summed E-state index contributed by atoms with van der Waals surface area (Å²) in [5.41, 5.74) is 1.97. The van der Waals surface area contributed by atoms with E-state index in [2.05, 4.69) is 6.07 Å². The van der Waals surface area contributed by atoms with Gasteiger partial charge in [0.05, 0.1) is 24.4 Å². The Balaban J connectivity index is 1.70. The molecule has 1 unspecified atom stereocenters. The normalized spacial score (nSPS) is 11.5. The third-order valence-electron chi connectivity index (χ3n) is 4.64. The van der Waals surface area contributed by atoms with Gasteiger partial charge in [-0.1, -0.05) is 24.3 Å². The van der Waals surface area contributed by atoms with Crippen LogP contribution in [0.2, 0.25) is 0 Å². The number of hydroxylamine groups is 2. The summed E-state index contributed by atoms with van der Waals surface area (Å²) >= 11 is 0. The zero-order chi connectivity index (χ0) is 21.7. The molecule has 3 rings (SSSR count). The number of hydrogen-bond donors (Lipinski definition) is 2. The number of aromatic hydroxyl groups is 1. The Morgan fingerprint density at radius 3 is 2.27 bits per heavy atom. The first-order valence-corrected chi connectivity index (χ1v) is 9.04. The van der Waals surface area contributed by atoms with Crippen molar-refractivity contribution in [1.29, 1.82) is 5.26 Å². The molecule has 0 aliphatic carbocycles. The maximum absolute atomic E-state index is 12.0. The Labute approximate surface area is 172 Å². The average Bonchev–Trinajstić information content (AvgIpc) is 3.02. The van der Waals surface area contributed by atoms with Crippen LogP contribution >= 0.6 is 0 Å². The van der Waals surface area contributed by atoms with Gasteiger partial charge in [-0.15, -0.1) is 0 Å². The predicted octanol–water partition coefficient (Wildman–Crippen LogP) is 1.73. The third kappa shape index (κ3) is 4.51. The molecule has 154 valence electrons. The monoisotopic (exact) mass is 408 g/mol. The lowest BCUT2D eigenvalue weighted by Crippen LogP contribution is -2.41. The number of rotatable bonds is 8. The van der Waals surface area contributed by atoms with Crippen LogP contribution in [0.25, 0.3) is 11.1 Å². The molecular formula is C21H20N4O5. The van der Waals surface area contributed by atoms with Crippen LogP contribution in [0.3, 0.4) is 0 Å². The van der Waals surface area contributed by atoms with Crippen LogP contribution in [0.5, 0.6) is 11.6 Å². The number of nitriles is 1. The molecule has 3 aromatic rings. The first kappa shape index (κ1) is 20.7. The van der Waals surface area contributed by atoms with E-state index < -0.39 is 11.7 Å². The molecule has 2 aromatic carbocycles. The van der Waals surface area contributed by atoms with Gasteiger partial charge in [0.1, 0.15) is 18.4 Å². The average molecular weight is 408 g/mol. The van der Waals surface area contributed by atoms with Gasteiger partial charge in [-0.05, 0) is 35.4 Å². The van der Waals surface area contributed by atoms with E-state index >= 15 is 0 Å². The number of imidazole rings is 1. The highest BCUT2D eigenvalue weighted by atomic mass is 16.5. The van der Waals surface area contributed by atoms with Crippen LogP contribution in [0, 0.1) is 11.3 Å². The summed E-state index contributed by atoms with van der Waals surface area (Å²) in [5.74, 6) is 0.222. The van der Waals surface area contributed by atoms with E-state index in [1.807, 2.05) is 24.3 Å². The van der Waals surface area contributed by atoms with Gasteiger partial charge in [-0.2, -0.15) is 5.26 Å². The molecule has 1 heterocycles. The fourth-order valence-electron chi connectivity index (χ4n) is 2.94. The summed E-state index contributed by atoms with van der Waals surface area (Å²) in [5, 5.41) is 29.0. The SMILES string of the molecule is Cn1cc(O)n(CC(COc2ccc(-c3ccc(C#N)cc3)cc2)N(O)C=O)c1=O. The van der Waals surface area contributed by atoms with Gasteiger partial charge >= 0.3 is 5.69 Å². The van der Waals surface area contributed by atoms with Crippen molar-refractivity contribution in [2.45, 2.75) is 12.6 Å². The molecule has 0 aliphatic heterocycles. The van der Waals surface area contributed by atoms with Crippen LogP contribution < -0.4 is 10.4 Å². The lowest BCUT2D eigenvalue weighted by molar-refractivity contribution is -0.164. The highest BCUT2D eigenvalue weighted by Gasteiger charge is 2.21. The number of carbonyl (C=O) groups excluding carboxylic acids is 1. The molecule has 1 aromatic heterocycles. The molecule has 0 saturated carbocycles. The molecular weight excluding hydrogens is 388 g/mol. The fourth-order valence-corrected chi connectivity index (χ4v) is 2.94. The van der Waals surface area contributed by atoms with Crippen molar-refractivity contribution < 1.29 is 19.8 Å². The lowest BCUT2D eigenvalue weighted by atomic mass is 10.0. The fraction of sp³-hybridized carbons (Fsp3) is 0.190. The summed E-state index contributed by atoms with van der Waals surface area (Å²) in [6.07, 6.45) is 1.46. The van der Waals surface area contributed by atoms with Gasteiger partial charge < -0.3 is 9.84 Å². The van der Waals surface area contributed by atoms with Gasteiger partial charge in [-0.25, -0.2) is 9.86 Å². The van der Waals surface area contributed by atoms with E-state index in [9.17, 15) is 19.9 Å². The molecule has 1 atom stereocenters. The molecule has 1 amide bonds. The highest BCUT2D eigenvalue weighted by Crippen LogP contribution is 2.23. The van der Waals surface area contributed by atoms with Crippen molar-refractivity contribution in [3.63, 3.8) is 0 Å². The molecule has 0 aliphatic rings. The zero-order valence-electron chi connectivity index (χ0n) is 16.2. The predicted molar refractivity (Wildman–Crippen MR) is 107 cm³/mol. The largest absolute Gasteiger partial charge is 0.493 e. The van der Waals surface area contributed by atoms with Crippen LogP contribution in [0.1, 0.15) is 5.56 Å². The second kappa shape index (κ2) is 8.98. The van der Waals surface area contributed by atoms with Crippen molar-refractivity contribution in [3.8, 4) is 28.8 Å². The summed E-state index contributed by atoms with van der Waals surface area (Å²) in [4.78, 5) is 23.1. The number of nitrogens with zero attached hydrogens (tertiary/aromatic N) is 4. The van der Waals surface area contributed by atoms with Gasteiger partial charge in [-0.3, -0.25) is 19.1 Å². The van der Waals surface area contributed by atoms with E-state index in [0.29, 0.717) is 16.4 Å². The lowest BCUT2D eigenvalue weighted by Gasteiger charge is -2.23. The molecule has 0 bridgehead atoms. The van der Waals surface area contributed by atoms with E-state index in [-0.39, 0.29) is 25.4 Å². The Bertz CT molecular complexity index is 1110. The summed E-state index contributed by atoms with van der Waals surface area (Å²) in [6.45, 7) is -0.254. The highest BCUT2D eigenvalue weighted by molar-refractivity contribution is 5.64. The number of ether oxygens (including phenoxy) is 1. The van der Waals surface area contributed by atoms with Crippen molar-refractivity contribution in [2.75, 3.05) is 6.61 Å². The number of aryl methyl sites for hydroxylation is 1. The number of hydrogen-bond acceptors (Lipinski definition) is 6. The maximum atomic E-state index is 12.0. The number of benzene rings is 2. The smallest absolute Gasteiger partial charge is 0.330 e. The van der Waals surface area contributed by atoms with Crippen molar-refractivity contribution in [1.82, 2.24) is 14.2 Å². The number of aromatic nitrogens is 2. The van der Waals surface area contributed by atoms with Gasteiger partial charge in [0, 0.05) is 7.05 Å². The summed E-state index contributed by atoms with van der Waals surface area (Å²) in [6, 6.07) is 15.5. The molecule has 2 N–H and O–H groups in total. The molecule has 0 fully saturated rings. The number of amides is 1. The Morgan fingerprint density at radius 2 is 1.77 bits per heavy atom. The molecule has 0 saturated heterocycles. The third-order valence-corrected chi connectivity index (χ3v) is 4.64. The van der Waals surface area contributed by atoms with Crippen LogP contribution in [0.15, 0.2) is 59.5 Å². The summed E-state index contributed by atoms with van der Waals surface area (Å²) in [7, 11) is 1.48. The van der Waals surface area contributed by atoms with E-state index in [1.54, 1.807) is 24.3 Å². The van der Waals surface area contributed by atoms with E-state index in [4.69, 9.17) is 10.00 Å². The maximum Gasteiger partial charge on any atom is 0.330 e. The second-order valence-electron chi connectivity index (χ2n) is 6.66. The van der Waals surface area contributed by atoms with Crippen LogP contribution in [0.4, 0.5) is 0 Å². The minimum absolute atomic E-state index is 0.105. The van der Waals surface area contributed by atoms with Crippen LogP contribution in [-0.2, 0) is 18.4 Å². The first-order valence-electron chi connectivity index (χ1n) is 9.04. The minimum Gasteiger partial charge on any atom is -0.493 e. The second-order valence-corrected chi connectivity index (χ2v) is 6.66. The molecule has 0 spiro atoms. The molecule has 30 heavy (non-hydrogen) atoms. The minimum atomic E-state index is -0.897. The van der Waals surface area contributed by atoms with Gasteiger partial charge in [0.25, 0.3) is 0 Å². The van der Waals surface area contributed by atoms with Gasteiger partial charge in [0.15, 0.2) is 0 Å². The van der Waals surface area contributed by atoms with Crippen molar-refractivity contribution in [2.24, 2.45) is 7.05 Å². The standard InChI is InChI=1S/C21H20N4O5/c1-23-12-20(27)24(21(23)28)11-18(25(29)14-26)13-30-19-8-6-17(7-9-19)16-4-2-15(10-22)3-5-16/h2-9,12,14,18,27,29H,11,13H2,1H3. The van der Waals surface area contributed by atoms with Crippen LogP contribution in [-0.4, -0.2) is 43.6 Å². The van der Waals surface area contributed by atoms with E-state index in [0.717, 1.165) is 15.7 Å². The van der Waals surface area contributed by atoms with Gasteiger partial charge in [0.2, 0.25) is 12.3 Å². The van der Waals surface area contributed by atoms with E-state index in [1.165, 1.54) is 17.8 Å². The molecule has 9 heteroatoms. The Hall–Kier alpha value is -4.03. The molecule has 9 nitrogen and oxygen atoms in total. The topological polar surface area (TPSA) is 121 Å². The Kier molecular flexibility index (Phi) is 6.20. The zero-order valence-corrected chi connectivity index (χ0v) is 16.2. The summed E-state index contributed by atoms with van der Waals surface area (Å²) < 4.78 is 7.90. The molecule has 0 radical (unpaired) electrons. The first-order chi connectivity index (χ1) is 14.4.